The van der Waals surface area contributed by atoms with Crippen LogP contribution in [0.1, 0.15) is 28.5 Å². The second kappa shape index (κ2) is 6.00. The third-order valence-corrected chi connectivity index (χ3v) is 5.03. The van der Waals surface area contributed by atoms with Crippen molar-refractivity contribution in [2.24, 2.45) is 11.8 Å². The van der Waals surface area contributed by atoms with Gasteiger partial charge in [-0.25, -0.2) is 23.5 Å². The number of nitrogens with zero attached hydrogens (tertiary/aromatic N) is 5. The Hall–Kier alpha value is -2.58. The zero-order valence-electron chi connectivity index (χ0n) is 14.5. The lowest BCUT2D eigenvalue weighted by atomic mass is 10.2. The molecule has 7 nitrogen and oxygen atoms in total. The predicted molar refractivity (Wildman–Crippen MR) is 88.2 cm³/mol. The molecular formula is C17H19F2N5O2. The summed E-state index contributed by atoms with van der Waals surface area (Å²) in [6, 6.07) is 0. The molecule has 3 heterocycles. The molecule has 2 fully saturated rings. The zero-order valence-corrected chi connectivity index (χ0v) is 14.5. The van der Waals surface area contributed by atoms with Crippen LogP contribution < -0.4 is 4.90 Å². The highest BCUT2D eigenvalue weighted by Crippen LogP contribution is 2.59. The maximum absolute atomic E-state index is 13.3. The Morgan fingerprint density at radius 2 is 2.08 bits per heavy atom. The van der Waals surface area contributed by atoms with Crippen molar-refractivity contribution in [2.45, 2.75) is 26.3 Å². The Bertz CT molecular complexity index is 839. The first kappa shape index (κ1) is 16.9. The van der Waals surface area contributed by atoms with E-state index in [0.29, 0.717) is 37.8 Å². The molecular weight excluding hydrogens is 344 g/mol. The maximum atomic E-state index is 13.3. The highest BCUT2D eigenvalue weighted by molar-refractivity contribution is 5.88. The molecule has 1 saturated carbocycles. The van der Waals surface area contributed by atoms with E-state index in [4.69, 9.17) is 4.74 Å². The molecule has 2 aromatic rings. The summed E-state index contributed by atoms with van der Waals surface area (Å²) in [6.07, 6.45) is 4.76. The van der Waals surface area contributed by atoms with Crippen molar-refractivity contribution >= 4 is 11.9 Å². The molecule has 2 aromatic heterocycles. The fourth-order valence-corrected chi connectivity index (χ4v) is 3.40. The standard InChI is InChI=1S/C17H19F2N5O2/c1-3-26-15(25)12-5-21-24(7-12)6-11-4-20-16(22-10(11)2)23-8-13-14(9-23)17(13,18)19/h4-5,7,13-14H,3,6,8-9H2,1-2H3. The van der Waals surface area contributed by atoms with Gasteiger partial charge in [0.1, 0.15) is 0 Å². The van der Waals surface area contributed by atoms with Crippen LogP contribution in [0.3, 0.4) is 0 Å². The van der Waals surface area contributed by atoms with Gasteiger partial charge in [0, 0.05) is 36.7 Å². The van der Waals surface area contributed by atoms with Crippen molar-refractivity contribution in [3.8, 4) is 0 Å². The monoisotopic (exact) mass is 363 g/mol. The van der Waals surface area contributed by atoms with Gasteiger partial charge in [0.25, 0.3) is 5.92 Å². The van der Waals surface area contributed by atoms with E-state index in [1.807, 2.05) is 11.8 Å². The van der Waals surface area contributed by atoms with Gasteiger partial charge >= 0.3 is 5.97 Å². The largest absolute Gasteiger partial charge is 0.462 e. The summed E-state index contributed by atoms with van der Waals surface area (Å²) in [5.41, 5.74) is 2.00. The molecule has 0 aromatic carbocycles. The number of halogens is 2. The lowest BCUT2D eigenvalue weighted by molar-refractivity contribution is 0.0526. The molecule has 2 unspecified atom stereocenters. The Morgan fingerprint density at radius 3 is 2.73 bits per heavy atom. The van der Waals surface area contributed by atoms with E-state index in [0.717, 1.165) is 11.3 Å². The smallest absolute Gasteiger partial charge is 0.341 e. The fraction of sp³-hybridized carbons (Fsp3) is 0.529. The second-order valence-corrected chi connectivity index (χ2v) is 6.72. The summed E-state index contributed by atoms with van der Waals surface area (Å²) >= 11 is 0. The number of alkyl halides is 2. The molecule has 0 amide bonds. The number of aromatic nitrogens is 4. The van der Waals surface area contributed by atoms with Crippen LogP contribution in [0, 0.1) is 18.8 Å². The zero-order chi connectivity index (χ0) is 18.5. The Kier molecular flexibility index (Phi) is 3.89. The highest BCUT2D eigenvalue weighted by Gasteiger charge is 2.71. The Balaban J connectivity index is 1.43. The number of anilines is 1. The summed E-state index contributed by atoms with van der Waals surface area (Å²) in [4.78, 5) is 22.3. The molecule has 2 atom stereocenters. The number of rotatable bonds is 5. The molecule has 9 heteroatoms. The molecule has 4 rings (SSSR count). The molecule has 1 aliphatic carbocycles. The molecule has 2 aliphatic rings. The van der Waals surface area contributed by atoms with E-state index in [9.17, 15) is 13.6 Å². The second-order valence-electron chi connectivity index (χ2n) is 6.72. The molecule has 0 radical (unpaired) electrons. The number of hydrogen-bond donors (Lipinski definition) is 0. The van der Waals surface area contributed by atoms with E-state index in [1.54, 1.807) is 24.0 Å². The van der Waals surface area contributed by atoms with Crippen LogP contribution >= 0.6 is 0 Å². The lowest BCUT2D eigenvalue weighted by Crippen LogP contribution is -2.29. The number of fused-ring (bicyclic) bond motifs is 1. The van der Waals surface area contributed by atoms with Gasteiger partial charge in [0.15, 0.2) is 0 Å². The minimum Gasteiger partial charge on any atom is -0.462 e. The van der Waals surface area contributed by atoms with Crippen molar-refractivity contribution < 1.29 is 18.3 Å². The van der Waals surface area contributed by atoms with Crippen LogP contribution in [0.4, 0.5) is 14.7 Å². The van der Waals surface area contributed by atoms with Gasteiger partial charge in [-0.05, 0) is 13.8 Å². The van der Waals surface area contributed by atoms with Crippen molar-refractivity contribution in [3.63, 3.8) is 0 Å². The van der Waals surface area contributed by atoms with E-state index in [1.165, 1.54) is 6.20 Å². The third kappa shape index (κ3) is 2.81. The molecule has 0 spiro atoms. The minimum atomic E-state index is -2.51. The van der Waals surface area contributed by atoms with Gasteiger partial charge in [-0.1, -0.05) is 0 Å². The highest BCUT2D eigenvalue weighted by atomic mass is 19.3. The van der Waals surface area contributed by atoms with E-state index < -0.39 is 23.7 Å². The first-order chi connectivity index (χ1) is 12.4. The first-order valence-corrected chi connectivity index (χ1v) is 8.55. The average Bonchev–Trinajstić information content (AvgIpc) is 3.05. The maximum Gasteiger partial charge on any atom is 0.341 e. The van der Waals surface area contributed by atoms with Gasteiger partial charge in [0.05, 0.1) is 36.7 Å². The van der Waals surface area contributed by atoms with Crippen LogP contribution in [-0.2, 0) is 11.3 Å². The van der Waals surface area contributed by atoms with E-state index in [-0.39, 0.29) is 0 Å². The number of hydrogen-bond acceptors (Lipinski definition) is 6. The minimum absolute atomic E-state index is 0.304. The quantitative estimate of drug-likeness (QED) is 0.756. The molecule has 1 saturated heterocycles. The summed E-state index contributed by atoms with van der Waals surface area (Å²) < 4.78 is 33.2. The summed E-state index contributed by atoms with van der Waals surface area (Å²) in [5.74, 6) is -3.55. The number of carbonyl (C=O) groups excluding carboxylic acids is 1. The molecule has 1 aliphatic heterocycles. The normalized spacial score (nSPS) is 23.0. The topological polar surface area (TPSA) is 73.1 Å². The number of carbonyl (C=O) groups is 1. The van der Waals surface area contributed by atoms with Gasteiger partial charge in [-0.15, -0.1) is 0 Å². The van der Waals surface area contributed by atoms with Crippen molar-refractivity contribution in [2.75, 3.05) is 24.6 Å². The predicted octanol–water partition coefficient (Wildman–Crippen LogP) is 1.91. The van der Waals surface area contributed by atoms with Gasteiger partial charge in [0.2, 0.25) is 5.95 Å². The van der Waals surface area contributed by atoms with Crippen LogP contribution in [0.5, 0.6) is 0 Å². The Labute approximate surface area is 149 Å². The van der Waals surface area contributed by atoms with Gasteiger partial charge < -0.3 is 9.64 Å². The van der Waals surface area contributed by atoms with Crippen LogP contribution in [-0.4, -0.2) is 51.3 Å². The van der Waals surface area contributed by atoms with Crippen molar-refractivity contribution in [3.05, 3.63) is 35.4 Å². The number of ether oxygens (including phenoxy) is 1. The summed E-state index contributed by atoms with van der Waals surface area (Å²) in [7, 11) is 0. The van der Waals surface area contributed by atoms with E-state index >= 15 is 0 Å². The van der Waals surface area contributed by atoms with Crippen molar-refractivity contribution in [1.82, 2.24) is 19.7 Å². The fourth-order valence-electron chi connectivity index (χ4n) is 3.40. The van der Waals surface area contributed by atoms with E-state index in [2.05, 4.69) is 15.1 Å². The molecule has 138 valence electrons. The molecule has 26 heavy (non-hydrogen) atoms. The van der Waals surface area contributed by atoms with Crippen LogP contribution in [0.25, 0.3) is 0 Å². The van der Waals surface area contributed by atoms with Crippen molar-refractivity contribution in [1.29, 1.82) is 0 Å². The first-order valence-electron chi connectivity index (χ1n) is 8.55. The number of piperidine rings is 1. The summed E-state index contributed by atoms with van der Waals surface area (Å²) in [6.45, 7) is 4.92. The van der Waals surface area contributed by atoms with Crippen LogP contribution in [0.2, 0.25) is 0 Å². The Morgan fingerprint density at radius 1 is 1.35 bits per heavy atom. The average molecular weight is 363 g/mol. The molecule has 0 bridgehead atoms. The number of aryl methyl sites for hydroxylation is 1. The molecule has 0 N–H and O–H groups in total. The van der Waals surface area contributed by atoms with Crippen LogP contribution in [0.15, 0.2) is 18.6 Å². The SMILES string of the molecule is CCOC(=O)c1cnn(Cc2cnc(N3CC4C(C3)C4(F)F)nc2C)c1. The lowest BCUT2D eigenvalue weighted by Gasteiger charge is -2.20. The third-order valence-electron chi connectivity index (χ3n) is 5.03. The van der Waals surface area contributed by atoms with Gasteiger partial charge in [-0.2, -0.15) is 5.10 Å². The summed E-state index contributed by atoms with van der Waals surface area (Å²) in [5, 5.41) is 4.15. The number of esters is 1. The van der Waals surface area contributed by atoms with Gasteiger partial charge in [-0.3, -0.25) is 4.68 Å².